The number of carbonyl (C=O) groups excluding carboxylic acids is 2. The van der Waals surface area contributed by atoms with Crippen molar-refractivity contribution in [2.75, 3.05) is 13.1 Å². The molecule has 0 aliphatic heterocycles. The van der Waals surface area contributed by atoms with Crippen LogP contribution in [0.4, 0.5) is 0 Å². The van der Waals surface area contributed by atoms with Gasteiger partial charge in [-0.1, -0.05) is 34.6 Å². The molecule has 0 rings (SSSR count). The molecule has 4 heteroatoms. The molecule has 0 aliphatic carbocycles. The predicted octanol–water partition coefficient (Wildman–Crippen LogP) is 2.97. The van der Waals surface area contributed by atoms with E-state index in [4.69, 9.17) is 0 Å². The highest BCUT2D eigenvalue weighted by Gasteiger charge is 2.30. The smallest absolute Gasteiger partial charge is 0.311 e. The third-order valence-corrected chi connectivity index (χ3v) is 2.89. The minimum atomic E-state index is -0.485. The lowest BCUT2D eigenvalue weighted by Gasteiger charge is -2.33. The zero-order valence-electron chi connectivity index (χ0n) is 14.3. The Kier molecular flexibility index (Phi) is 7.25. The molecule has 0 aliphatic rings. The Bertz CT molecular complexity index is 324. The van der Waals surface area contributed by atoms with E-state index in [1.807, 2.05) is 27.7 Å². The van der Waals surface area contributed by atoms with Crippen molar-refractivity contribution in [1.82, 2.24) is 10.2 Å². The van der Waals surface area contributed by atoms with Crippen molar-refractivity contribution in [2.45, 2.75) is 73.3 Å². The highest BCUT2D eigenvalue weighted by Crippen LogP contribution is 2.26. The average molecular weight is 284 g/mol. The Morgan fingerprint density at radius 2 is 1.40 bits per heavy atom. The molecule has 0 aromatic rings. The van der Waals surface area contributed by atoms with E-state index in [0.29, 0.717) is 13.1 Å². The maximum Gasteiger partial charge on any atom is 0.311 e. The molecule has 0 heterocycles. The normalized spacial score (nSPS) is 12.2. The number of amides is 2. The summed E-state index contributed by atoms with van der Waals surface area (Å²) in [6, 6.07) is 0. The van der Waals surface area contributed by atoms with E-state index in [0.717, 1.165) is 19.3 Å². The second kappa shape index (κ2) is 7.65. The molecule has 0 spiro atoms. The summed E-state index contributed by atoms with van der Waals surface area (Å²) in [6.45, 7) is 15.6. The SMILES string of the molecule is CCCN(CCC)C(=O)C(=O)NC(C)(C)CC(C)(C)C. The van der Waals surface area contributed by atoms with Gasteiger partial charge in [0.15, 0.2) is 0 Å². The maximum absolute atomic E-state index is 12.2. The number of nitrogens with one attached hydrogen (secondary N) is 1. The van der Waals surface area contributed by atoms with Crippen LogP contribution < -0.4 is 5.32 Å². The summed E-state index contributed by atoms with van der Waals surface area (Å²) in [7, 11) is 0. The lowest BCUT2D eigenvalue weighted by Crippen LogP contribution is -2.52. The quantitative estimate of drug-likeness (QED) is 0.762. The molecule has 0 unspecified atom stereocenters. The Balaban J connectivity index is 4.68. The van der Waals surface area contributed by atoms with Gasteiger partial charge in [-0.15, -0.1) is 0 Å². The van der Waals surface area contributed by atoms with Crippen LogP contribution in [0.2, 0.25) is 0 Å². The van der Waals surface area contributed by atoms with Gasteiger partial charge in [0, 0.05) is 18.6 Å². The van der Waals surface area contributed by atoms with Gasteiger partial charge in [-0.05, 0) is 38.5 Å². The summed E-state index contributed by atoms with van der Waals surface area (Å²) in [5.41, 5.74) is -0.276. The first-order valence-electron chi connectivity index (χ1n) is 7.64. The van der Waals surface area contributed by atoms with E-state index in [-0.39, 0.29) is 11.0 Å². The molecule has 0 saturated carbocycles. The molecule has 0 atom stereocenters. The zero-order chi connectivity index (χ0) is 16.0. The molecular weight excluding hydrogens is 252 g/mol. The molecule has 0 aromatic carbocycles. The molecule has 0 bridgehead atoms. The van der Waals surface area contributed by atoms with E-state index in [2.05, 4.69) is 26.1 Å². The molecular formula is C16H32N2O2. The van der Waals surface area contributed by atoms with Crippen LogP contribution in [0.25, 0.3) is 0 Å². The van der Waals surface area contributed by atoms with E-state index in [1.54, 1.807) is 4.90 Å². The van der Waals surface area contributed by atoms with E-state index < -0.39 is 11.8 Å². The Morgan fingerprint density at radius 3 is 1.75 bits per heavy atom. The van der Waals surface area contributed by atoms with Crippen LogP contribution in [0.5, 0.6) is 0 Å². The summed E-state index contributed by atoms with van der Waals surface area (Å²) >= 11 is 0. The molecule has 1 N–H and O–H groups in total. The fourth-order valence-electron chi connectivity index (χ4n) is 2.73. The minimum absolute atomic E-state index is 0.104. The number of rotatable bonds is 6. The third kappa shape index (κ3) is 7.51. The van der Waals surface area contributed by atoms with Crippen molar-refractivity contribution in [3.05, 3.63) is 0 Å². The standard InChI is InChI=1S/C16H32N2O2/c1-8-10-18(11-9-2)14(20)13(19)17-16(6,7)12-15(3,4)5/h8-12H2,1-7H3,(H,17,19). The first-order chi connectivity index (χ1) is 9.02. The fraction of sp³-hybridized carbons (Fsp3) is 0.875. The van der Waals surface area contributed by atoms with Crippen molar-refractivity contribution in [1.29, 1.82) is 0 Å². The van der Waals surface area contributed by atoms with Gasteiger partial charge >= 0.3 is 11.8 Å². The first-order valence-corrected chi connectivity index (χ1v) is 7.64. The summed E-state index contributed by atoms with van der Waals surface area (Å²) in [6.07, 6.45) is 2.55. The average Bonchev–Trinajstić information content (AvgIpc) is 2.23. The summed E-state index contributed by atoms with van der Waals surface area (Å²) in [5, 5.41) is 2.88. The van der Waals surface area contributed by atoms with Gasteiger partial charge in [0.25, 0.3) is 0 Å². The lowest BCUT2D eigenvalue weighted by atomic mass is 9.82. The maximum atomic E-state index is 12.2. The van der Waals surface area contributed by atoms with Crippen molar-refractivity contribution >= 4 is 11.8 Å². The monoisotopic (exact) mass is 284 g/mol. The van der Waals surface area contributed by atoms with E-state index in [1.165, 1.54) is 0 Å². The summed E-state index contributed by atoms with van der Waals surface area (Å²) in [4.78, 5) is 26.0. The molecule has 0 radical (unpaired) electrons. The molecule has 2 amide bonds. The van der Waals surface area contributed by atoms with Gasteiger partial charge in [0.1, 0.15) is 0 Å². The number of hydrogen-bond acceptors (Lipinski definition) is 2. The van der Waals surface area contributed by atoms with Crippen LogP contribution in [0.1, 0.15) is 67.7 Å². The lowest BCUT2D eigenvalue weighted by molar-refractivity contribution is -0.147. The van der Waals surface area contributed by atoms with Crippen LogP contribution in [0.3, 0.4) is 0 Å². The van der Waals surface area contributed by atoms with Gasteiger partial charge in [-0.25, -0.2) is 0 Å². The van der Waals surface area contributed by atoms with Crippen molar-refractivity contribution in [3.8, 4) is 0 Å². The molecule has 118 valence electrons. The Labute approximate surface area is 124 Å². The summed E-state index contributed by atoms with van der Waals surface area (Å²) in [5.74, 6) is -0.892. The first kappa shape index (κ1) is 18.9. The van der Waals surface area contributed by atoms with Crippen LogP contribution in [0, 0.1) is 5.41 Å². The van der Waals surface area contributed by atoms with Crippen LogP contribution in [-0.4, -0.2) is 35.3 Å². The van der Waals surface area contributed by atoms with Crippen molar-refractivity contribution in [3.63, 3.8) is 0 Å². The largest absolute Gasteiger partial charge is 0.343 e. The highest BCUT2D eigenvalue weighted by atomic mass is 16.2. The molecule has 20 heavy (non-hydrogen) atoms. The third-order valence-electron chi connectivity index (χ3n) is 2.89. The number of carbonyl (C=O) groups is 2. The second-order valence-electron chi connectivity index (χ2n) is 7.37. The molecule has 0 saturated heterocycles. The number of nitrogens with zero attached hydrogens (tertiary/aromatic N) is 1. The molecule has 0 fully saturated rings. The summed E-state index contributed by atoms with van der Waals surface area (Å²) < 4.78 is 0. The predicted molar refractivity (Wildman–Crippen MR) is 83.5 cm³/mol. The van der Waals surface area contributed by atoms with Crippen LogP contribution in [0.15, 0.2) is 0 Å². The zero-order valence-corrected chi connectivity index (χ0v) is 14.3. The van der Waals surface area contributed by atoms with Crippen LogP contribution >= 0.6 is 0 Å². The molecule has 4 nitrogen and oxygen atoms in total. The highest BCUT2D eigenvalue weighted by molar-refractivity contribution is 6.35. The number of hydrogen-bond donors (Lipinski definition) is 1. The van der Waals surface area contributed by atoms with Crippen molar-refractivity contribution < 1.29 is 9.59 Å². The van der Waals surface area contributed by atoms with Gasteiger partial charge in [0.05, 0.1) is 0 Å². The minimum Gasteiger partial charge on any atom is -0.343 e. The van der Waals surface area contributed by atoms with Crippen LogP contribution in [-0.2, 0) is 9.59 Å². The fourth-order valence-corrected chi connectivity index (χ4v) is 2.73. The van der Waals surface area contributed by atoms with Gasteiger partial charge in [-0.3, -0.25) is 9.59 Å². The van der Waals surface area contributed by atoms with Crippen molar-refractivity contribution in [2.24, 2.45) is 5.41 Å². The van der Waals surface area contributed by atoms with E-state index in [9.17, 15) is 9.59 Å². The Hall–Kier alpha value is -1.06. The topological polar surface area (TPSA) is 49.4 Å². The van der Waals surface area contributed by atoms with E-state index >= 15 is 0 Å². The molecule has 0 aromatic heterocycles. The van der Waals surface area contributed by atoms with Gasteiger partial charge in [-0.2, -0.15) is 0 Å². The van der Waals surface area contributed by atoms with Gasteiger partial charge in [0.2, 0.25) is 0 Å². The second-order valence-corrected chi connectivity index (χ2v) is 7.37. The van der Waals surface area contributed by atoms with Gasteiger partial charge < -0.3 is 10.2 Å². The Morgan fingerprint density at radius 1 is 0.950 bits per heavy atom.